The second-order valence-electron chi connectivity index (χ2n) is 3.06. The van der Waals surface area contributed by atoms with Crippen LogP contribution >= 0.6 is 12.8 Å². The van der Waals surface area contributed by atoms with Crippen molar-refractivity contribution in [1.29, 1.82) is 0 Å². The number of nitrogens with zero attached hydrogens (tertiary/aromatic N) is 3. The molecule has 1 aromatic rings. The van der Waals surface area contributed by atoms with Gasteiger partial charge in [-0.15, -0.1) is 0 Å². The van der Waals surface area contributed by atoms with Gasteiger partial charge in [-0.1, -0.05) is 12.8 Å². The van der Waals surface area contributed by atoms with E-state index in [9.17, 15) is 4.79 Å². The number of thiol groups is 1. The van der Waals surface area contributed by atoms with Gasteiger partial charge in [0, 0.05) is 19.3 Å². The van der Waals surface area contributed by atoms with E-state index in [2.05, 4.69) is 17.8 Å². The number of carbonyl (C=O) groups is 1. The predicted octanol–water partition coefficient (Wildman–Crippen LogP) is -0.338. The van der Waals surface area contributed by atoms with Crippen molar-refractivity contribution in [2.45, 2.75) is 13.1 Å². The summed E-state index contributed by atoms with van der Waals surface area (Å²) in [7, 11) is 0. The zero-order valence-corrected chi connectivity index (χ0v) is 8.24. The molecular formula is C7H10N4O2S. The van der Waals surface area contributed by atoms with Crippen LogP contribution in [0.15, 0.2) is 6.20 Å². The summed E-state index contributed by atoms with van der Waals surface area (Å²) < 4.78 is 3.71. The molecule has 7 heteroatoms. The molecule has 2 rings (SSSR count). The topological polar surface area (TPSA) is 70.4 Å². The Morgan fingerprint density at radius 2 is 2.43 bits per heavy atom. The number of aromatic nitrogens is 2. The van der Waals surface area contributed by atoms with E-state index in [1.807, 2.05) is 8.87 Å². The van der Waals surface area contributed by atoms with Crippen molar-refractivity contribution in [2.24, 2.45) is 0 Å². The first kappa shape index (κ1) is 9.50. The molecule has 0 radical (unpaired) electrons. The largest absolute Gasteiger partial charge is 0.332 e. The minimum Gasteiger partial charge on any atom is -0.332 e. The van der Waals surface area contributed by atoms with E-state index in [1.54, 1.807) is 11.7 Å². The van der Waals surface area contributed by atoms with Crippen LogP contribution in [0.1, 0.15) is 16.3 Å². The van der Waals surface area contributed by atoms with Gasteiger partial charge >= 0.3 is 0 Å². The first-order valence-corrected chi connectivity index (χ1v) is 4.55. The fraction of sp³-hybridized carbons (Fsp3) is 0.429. The summed E-state index contributed by atoms with van der Waals surface area (Å²) in [5, 5.41) is 8.43. The molecule has 2 N–H and O–H groups in total. The summed E-state index contributed by atoms with van der Waals surface area (Å²) in [4.78, 5) is 15.1. The average molecular weight is 214 g/mol. The van der Waals surface area contributed by atoms with Crippen molar-refractivity contribution in [3.63, 3.8) is 0 Å². The van der Waals surface area contributed by atoms with Crippen molar-refractivity contribution >= 4 is 18.7 Å². The molecule has 1 amide bonds. The van der Waals surface area contributed by atoms with Gasteiger partial charge < -0.3 is 4.57 Å². The molecule has 0 saturated carbocycles. The first-order chi connectivity index (χ1) is 6.70. The number of hydrogen-bond donors (Lipinski definition) is 3. The second kappa shape index (κ2) is 3.60. The van der Waals surface area contributed by atoms with E-state index in [-0.39, 0.29) is 5.69 Å². The number of rotatable bonds is 1. The van der Waals surface area contributed by atoms with Crippen molar-refractivity contribution < 1.29 is 10.0 Å². The maximum atomic E-state index is 11.0. The molecule has 0 unspecified atom stereocenters. The van der Waals surface area contributed by atoms with Crippen molar-refractivity contribution in [2.75, 3.05) is 6.54 Å². The second-order valence-corrected chi connectivity index (χ2v) is 3.63. The molecule has 14 heavy (non-hydrogen) atoms. The maximum Gasteiger partial charge on any atom is 0.294 e. The van der Waals surface area contributed by atoms with Crippen LogP contribution in [0.4, 0.5) is 0 Å². The third-order valence-electron chi connectivity index (χ3n) is 2.12. The number of fused-ring (bicyclic) bond motifs is 1. The Kier molecular flexibility index (Phi) is 2.44. The van der Waals surface area contributed by atoms with E-state index in [1.165, 1.54) is 0 Å². The van der Waals surface area contributed by atoms with Crippen LogP contribution < -0.4 is 5.48 Å². The third-order valence-corrected chi connectivity index (χ3v) is 2.46. The Morgan fingerprint density at radius 3 is 3.14 bits per heavy atom. The van der Waals surface area contributed by atoms with Crippen LogP contribution in [0.2, 0.25) is 0 Å². The van der Waals surface area contributed by atoms with Gasteiger partial charge in [-0.25, -0.2) is 14.8 Å². The predicted molar refractivity (Wildman–Crippen MR) is 50.9 cm³/mol. The molecule has 76 valence electrons. The van der Waals surface area contributed by atoms with Gasteiger partial charge in [-0.3, -0.25) is 10.0 Å². The third kappa shape index (κ3) is 1.61. The zero-order valence-electron chi connectivity index (χ0n) is 7.34. The summed E-state index contributed by atoms with van der Waals surface area (Å²) in [5.41, 5.74) is 1.78. The van der Waals surface area contributed by atoms with Crippen molar-refractivity contribution in [1.82, 2.24) is 19.3 Å². The minimum atomic E-state index is -0.586. The molecule has 0 spiro atoms. The maximum absolute atomic E-state index is 11.0. The molecule has 0 bridgehead atoms. The van der Waals surface area contributed by atoms with Crippen LogP contribution in [0.25, 0.3) is 0 Å². The number of amides is 1. The van der Waals surface area contributed by atoms with E-state index in [4.69, 9.17) is 5.21 Å². The Balaban J connectivity index is 2.27. The number of carbonyl (C=O) groups excluding carboxylic acids is 1. The van der Waals surface area contributed by atoms with E-state index >= 15 is 0 Å². The normalized spacial score (nSPS) is 16.4. The fourth-order valence-corrected chi connectivity index (χ4v) is 1.62. The van der Waals surface area contributed by atoms with Gasteiger partial charge in [0.1, 0.15) is 11.5 Å². The number of imidazole rings is 1. The molecular weight excluding hydrogens is 204 g/mol. The molecule has 1 aliphatic rings. The monoisotopic (exact) mass is 214 g/mol. The number of nitrogens with one attached hydrogen (secondary N) is 1. The van der Waals surface area contributed by atoms with Gasteiger partial charge in [-0.05, 0) is 0 Å². The van der Waals surface area contributed by atoms with E-state index in [0.29, 0.717) is 6.54 Å². The molecule has 1 aliphatic heterocycles. The lowest BCUT2D eigenvalue weighted by Crippen LogP contribution is -2.26. The standard InChI is InChI=1S/C7H10N4O2S/c12-7(9-13)5-3-10-1-2-11(14)4-6(10)8-5/h3,13-14H,1-2,4H2,(H,9,12). The molecule has 0 aliphatic carbocycles. The van der Waals surface area contributed by atoms with Crippen molar-refractivity contribution in [3.8, 4) is 0 Å². The quantitative estimate of drug-likeness (QED) is 0.340. The summed E-state index contributed by atoms with van der Waals surface area (Å²) in [6.07, 6.45) is 1.63. The lowest BCUT2D eigenvalue weighted by atomic mass is 10.4. The lowest BCUT2D eigenvalue weighted by Gasteiger charge is -2.21. The molecule has 0 saturated heterocycles. The van der Waals surface area contributed by atoms with Crippen LogP contribution in [0.3, 0.4) is 0 Å². The highest BCUT2D eigenvalue weighted by Crippen LogP contribution is 2.13. The summed E-state index contributed by atoms with van der Waals surface area (Å²) >= 11 is 4.20. The van der Waals surface area contributed by atoms with Gasteiger partial charge in [0.25, 0.3) is 5.91 Å². The molecule has 0 atom stereocenters. The van der Waals surface area contributed by atoms with Crippen LogP contribution in [0, 0.1) is 0 Å². The smallest absolute Gasteiger partial charge is 0.294 e. The van der Waals surface area contributed by atoms with Gasteiger partial charge in [0.15, 0.2) is 0 Å². The van der Waals surface area contributed by atoms with Crippen LogP contribution in [-0.4, -0.2) is 31.5 Å². The van der Waals surface area contributed by atoms with Gasteiger partial charge in [-0.2, -0.15) is 0 Å². The molecule has 6 nitrogen and oxygen atoms in total. The Labute approximate surface area is 86.0 Å². The highest BCUT2D eigenvalue weighted by Gasteiger charge is 2.18. The summed E-state index contributed by atoms with van der Waals surface area (Å²) in [5.74, 6) is 0.197. The molecule has 0 fully saturated rings. The minimum absolute atomic E-state index is 0.228. The summed E-state index contributed by atoms with van der Waals surface area (Å²) in [6.45, 7) is 2.17. The average Bonchev–Trinajstić information content (AvgIpc) is 2.59. The Morgan fingerprint density at radius 1 is 1.64 bits per heavy atom. The lowest BCUT2D eigenvalue weighted by molar-refractivity contribution is 0.0701. The SMILES string of the molecule is O=C(NO)c1cn2c(n1)CN(S)CC2. The molecule has 0 aromatic carbocycles. The molecule has 1 aromatic heterocycles. The van der Waals surface area contributed by atoms with Crippen LogP contribution in [0.5, 0.6) is 0 Å². The fourth-order valence-electron chi connectivity index (χ4n) is 1.41. The van der Waals surface area contributed by atoms with E-state index < -0.39 is 5.91 Å². The number of hydroxylamine groups is 1. The highest BCUT2D eigenvalue weighted by atomic mass is 32.1. The van der Waals surface area contributed by atoms with Gasteiger partial charge in [0.05, 0.1) is 6.54 Å². The molecule has 2 heterocycles. The Bertz CT molecular complexity index is 365. The zero-order chi connectivity index (χ0) is 10.1. The van der Waals surface area contributed by atoms with Crippen LogP contribution in [-0.2, 0) is 13.1 Å². The Hall–Kier alpha value is -1.05. The van der Waals surface area contributed by atoms with E-state index in [0.717, 1.165) is 18.9 Å². The summed E-state index contributed by atoms with van der Waals surface area (Å²) in [6, 6.07) is 0. The number of hydrogen-bond acceptors (Lipinski definition) is 5. The first-order valence-electron chi connectivity index (χ1n) is 4.15. The van der Waals surface area contributed by atoms with Gasteiger partial charge in [0.2, 0.25) is 0 Å². The van der Waals surface area contributed by atoms with Crippen molar-refractivity contribution in [3.05, 3.63) is 17.7 Å². The highest BCUT2D eigenvalue weighted by molar-refractivity contribution is 7.77.